The van der Waals surface area contributed by atoms with Crippen LogP contribution < -0.4 is 5.73 Å². The molecule has 0 amide bonds. The molecule has 1 heterocycles. The Morgan fingerprint density at radius 1 is 1.42 bits per heavy atom. The van der Waals surface area contributed by atoms with E-state index in [1.807, 2.05) is 44.5 Å². The Balaban J connectivity index is 2.10. The zero-order valence-electron chi connectivity index (χ0n) is 11.3. The molecular weight excluding hydrogens is 258 g/mol. The number of aliphatic imine (C=N–C) groups is 1. The predicted molar refractivity (Wildman–Crippen MR) is 81.5 cm³/mol. The van der Waals surface area contributed by atoms with E-state index in [1.54, 1.807) is 6.92 Å². The monoisotopic (exact) mass is 275 g/mol. The Morgan fingerprint density at radius 2 is 2.05 bits per heavy atom. The first-order valence-corrected chi connectivity index (χ1v) is 6.88. The fraction of sp³-hybridized carbons (Fsp3) is 0.286. The van der Waals surface area contributed by atoms with E-state index in [9.17, 15) is 4.79 Å². The van der Waals surface area contributed by atoms with Gasteiger partial charge >= 0.3 is 0 Å². The number of carbonyl (C=O) groups excluding carboxylic acids is 1. The smallest absolute Gasteiger partial charge is 0.167 e. The van der Waals surface area contributed by atoms with E-state index in [2.05, 4.69) is 9.89 Å². The minimum Gasteiger partial charge on any atom is -0.399 e. The molecule has 0 saturated carbocycles. The van der Waals surface area contributed by atoms with Gasteiger partial charge in [-0.2, -0.15) is 0 Å². The summed E-state index contributed by atoms with van der Waals surface area (Å²) in [6, 6.07) is 7.39. The number of allylic oxidation sites excluding steroid dienone is 2. The Morgan fingerprint density at radius 3 is 2.58 bits per heavy atom. The van der Waals surface area contributed by atoms with E-state index in [0.717, 1.165) is 22.0 Å². The van der Waals surface area contributed by atoms with Crippen LogP contribution in [0.4, 0.5) is 11.4 Å². The van der Waals surface area contributed by atoms with E-state index in [1.165, 1.54) is 11.8 Å². The lowest BCUT2D eigenvalue weighted by molar-refractivity contribution is -0.113. The summed E-state index contributed by atoms with van der Waals surface area (Å²) < 4.78 is 0. The van der Waals surface area contributed by atoms with Gasteiger partial charge in [0, 0.05) is 24.6 Å². The average molecular weight is 275 g/mol. The zero-order chi connectivity index (χ0) is 14.0. The Kier molecular flexibility index (Phi) is 3.95. The maximum absolute atomic E-state index is 11.5. The third-order valence-electron chi connectivity index (χ3n) is 3.04. The van der Waals surface area contributed by atoms with E-state index in [4.69, 9.17) is 5.73 Å². The standard InChI is InChI=1S/C14H17N3OS/c1-9-14(10(2)18)19-13(17(9)3)8-16-12-6-4-11(15)5-7-12/h4-8,13H,15H2,1-3H3. The van der Waals surface area contributed by atoms with Crippen LogP contribution in [0.2, 0.25) is 0 Å². The third-order valence-corrected chi connectivity index (χ3v) is 4.54. The lowest BCUT2D eigenvalue weighted by Crippen LogP contribution is -2.23. The Labute approximate surface area is 117 Å². The van der Waals surface area contributed by atoms with Gasteiger partial charge in [0.15, 0.2) is 5.78 Å². The minimum absolute atomic E-state index is 0.0662. The molecule has 2 N–H and O–H groups in total. The van der Waals surface area contributed by atoms with Gasteiger partial charge in [-0.25, -0.2) is 0 Å². The second-order valence-electron chi connectivity index (χ2n) is 4.46. The highest BCUT2D eigenvalue weighted by Gasteiger charge is 2.28. The van der Waals surface area contributed by atoms with E-state index in [0.29, 0.717) is 0 Å². The van der Waals surface area contributed by atoms with E-state index in [-0.39, 0.29) is 11.2 Å². The van der Waals surface area contributed by atoms with E-state index >= 15 is 0 Å². The first kappa shape index (κ1) is 13.7. The number of hydrogen-bond donors (Lipinski definition) is 1. The van der Waals surface area contributed by atoms with Crippen molar-refractivity contribution >= 4 is 35.1 Å². The number of carbonyl (C=O) groups is 1. The minimum atomic E-state index is 0.0662. The Bertz CT molecular complexity index is 548. The van der Waals surface area contributed by atoms with Crippen molar-refractivity contribution in [2.75, 3.05) is 12.8 Å². The molecule has 1 aromatic carbocycles. The zero-order valence-corrected chi connectivity index (χ0v) is 12.1. The largest absolute Gasteiger partial charge is 0.399 e. The number of Topliss-reactive ketones (excluding diaryl/α,β-unsaturated/α-hetero) is 1. The van der Waals surface area contributed by atoms with Gasteiger partial charge in [-0.15, -0.1) is 0 Å². The van der Waals surface area contributed by atoms with Crippen LogP contribution >= 0.6 is 11.8 Å². The lowest BCUT2D eigenvalue weighted by Gasteiger charge is -2.18. The summed E-state index contributed by atoms with van der Waals surface area (Å²) in [6.07, 6.45) is 1.86. The number of anilines is 1. The van der Waals surface area contributed by atoms with Crippen molar-refractivity contribution in [2.24, 2.45) is 4.99 Å². The fourth-order valence-corrected chi connectivity index (χ4v) is 2.97. The van der Waals surface area contributed by atoms with Crippen LogP contribution in [0.25, 0.3) is 0 Å². The highest BCUT2D eigenvalue weighted by atomic mass is 32.2. The molecule has 0 spiro atoms. The second kappa shape index (κ2) is 5.48. The third kappa shape index (κ3) is 2.98. The molecule has 1 aliphatic rings. The van der Waals surface area contributed by atoms with Crippen molar-refractivity contribution in [3.63, 3.8) is 0 Å². The molecule has 5 heteroatoms. The summed E-state index contributed by atoms with van der Waals surface area (Å²) in [5.74, 6) is 0.109. The van der Waals surface area contributed by atoms with Crippen LogP contribution in [0.1, 0.15) is 13.8 Å². The van der Waals surface area contributed by atoms with Gasteiger partial charge in [-0.1, -0.05) is 11.8 Å². The van der Waals surface area contributed by atoms with Crippen LogP contribution in [0.5, 0.6) is 0 Å². The lowest BCUT2D eigenvalue weighted by atomic mass is 10.3. The van der Waals surface area contributed by atoms with Crippen LogP contribution in [-0.2, 0) is 4.79 Å². The van der Waals surface area contributed by atoms with Crippen molar-refractivity contribution in [1.29, 1.82) is 0 Å². The van der Waals surface area contributed by atoms with Gasteiger partial charge in [0.05, 0.1) is 10.6 Å². The van der Waals surface area contributed by atoms with Gasteiger partial charge in [-0.3, -0.25) is 9.79 Å². The molecule has 19 heavy (non-hydrogen) atoms. The number of hydrogen-bond acceptors (Lipinski definition) is 5. The van der Waals surface area contributed by atoms with E-state index < -0.39 is 0 Å². The molecule has 4 nitrogen and oxygen atoms in total. The normalized spacial score (nSPS) is 19.5. The topological polar surface area (TPSA) is 58.7 Å². The first-order valence-electron chi connectivity index (χ1n) is 6.00. The molecule has 1 unspecified atom stereocenters. The summed E-state index contributed by atoms with van der Waals surface area (Å²) in [6.45, 7) is 3.56. The molecule has 1 aromatic rings. The van der Waals surface area contributed by atoms with Crippen molar-refractivity contribution in [3.8, 4) is 0 Å². The van der Waals surface area contributed by atoms with Gasteiger partial charge in [0.2, 0.25) is 0 Å². The van der Waals surface area contributed by atoms with Crippen LogP contribution in [-0.4, -0.2) is 29.3 Å². The number of rotatable bonds is 3. The second-order valence-corrected chi connectivity index (χ2v) is 5.59. The molecule has 0 fully saturated rings. The van der Waals surface area contributed by atoms with Crippen LogP contribution in [0.15, 0.2) is 39.9 Å². The number of ketones is 1. The molecule has 0 saturated heterocycles. The molecule has 0 radical (unpaired) electrons. The molecule has 2 rings (SSSR count). The summed E-state index contributed by atoms with van der Waals surface area (Å²) >= 11 is 1.54. The molecule has 0 bridgehead atoms. The molecular formula is C14H17N3OS. The fourth-order valence-electron chi connectivity index (χ4n) is 1.81. The van der Waals surface area contributed by atoms with Crippen LogP contribution in [0, 0.1) is 0 Å². The number of nitrogens with zero attached hydrogens (tertiary/aromatic N) is 2. The SMILES string of the molecule is CC(=O)C1=C(C)N(C)C(C=Nc2ccc(N)cc2)S1. The number of thioether (sulfide) groups is 1. The van der Waals surface area contributed by atoms with Crippen molar-refractivity contribution < 1.29 is 4.79 Å². The highest BCUT2D eigenvalue weighted by molar-refractivity contribution is 8.05. The number of nitrogen functional groups attached to an aromatic ring is 1. The number of benzene rings is 1. The van der Waals surface area contributed by atoms with Gasteiger partial charge in [0.1, 0.15) is 5.37 Å². The predicted octanol–water partition coefficient (Wildman–Crippen LogP) is 2.80. The molecule has 100 valence electrons. The molecule has 1 aliphatic heterocycles. The van der Waals surface area contributed by atoms with Crippen LogP contribution in [0.3, 0.4) is 0 Å². The maximum atomic E-state index is 11.5. The molecule has 0 aromatic heterocycles. The van der Waals surface area contributed by atoms with Crippen molar-refractivity contribution in [2.45, 2.75) is 19.2 Å². The van der Waals surface area contributed by atoms with Gasteiger partial charge in [-0.05, 0) is 38.1 Å². The summed E-state index contributed by atoms with van der Waals surface area (Å²) in [4.78, 5) is 18.8. The van der Waals surface area contributed by atoms with Gasteiger partial charge in [0.25, 0.3) is 0 Å². The van der Waals surface area contributed by atoms with Crippen molar-refractivity contribution in [3.05, 3.63) is 34.9 Å². The quantitative estimate of drug-likeness (QED) is 0.680. The average Bonchev–Trinajstić information content (AvgIpc) is 2.66. The highest BCUT2D eigenvalue weighted by Crippen LogP contribution is 2.36. The maximum Gasteiger partial charge on any atom is 0.167 e. The summed E-state index contributed by atoms with van der Waals surface area (Å²) in [7, 11) is 1.97. The Hall–Kier alpha value is -1.75. The first-order chi connectivity index (χ1) is 8.99. The summed E-state index contributed by atoms with van der Waals surface area (Å²) in [5.41, 5.74) is 8.22. The summed E-state index contributed by atoms with van der Waals surface area (Å²) in [5, 5.41) is 0.0662. The van der Waals surface area contributed by atoms with Gasteiger partial charge < -0.3 is 10.6 Å². The van der Waals surface area contributed by atoms with Crippen molar-refractivity contribution in [1.82, 2.24) is 4.90 Å². The number of nitrogens with two attached hydrogens (primary N) is 1. The molecule has 1 atom stereocenters. The molecule has 0 aliphatic carbocycles.